The van der Waals surface area contributed by atoms with Gasteiger partial charge in [-0.25, -0.2) is 0 Å². The van der Waals surface area contributed by atoms with E-state index in [0.717, 1.165) is 32.1 Å². The molecule has 1 amide bonds. The molecule has 0 aliphatic carbocycles. The molecule has 0 spiro atoms. The predicted octanol–water partition coefficient (Wildman–Crippen LogP) is 8.27. The van der Waals surface area contributed by atoms with E-state index in [-0.39, 0.29) is 5.91 Å². The van der Waals surface area contributed by atoms with Crippen LogP contribution in [0, 0.1) is 0 Å². The van der Waals surface area contributed by atoms with Crippen LogP contribution in [-0.2, 0) is 13.6 Å². The standard InChI is InChI=1S/C18H37NO.C8H20O2Si/c1-2-3-4-5-6-7-8-9-10-11-12-13-14-15-16-17-18(19)20;1-5-8-11(4,9-6-2)10-7-3/h2-17H2,1H3,(H2,19,20);5-8H2,1-4H3. The zero-order valence-electron chi connectivity index (χ0n) is 21.9. The van der Waals surface area contributed by atoms with E-state index in [1.54, 1.807) is 0 Å². The summed E-state index contributed by atoms with van der Waals surface area (Å²) in [7, 11) is -1.75. The highest BCUT2D eigenvalue weighted by Crippen LogP contribution is 2.15. The molecule has 0 heterocycles. The lowest BCUT2D eigenvalue weighted by Gasteiger charge is -2.25. The van der Waals surface area contributed by atoms with Crippen molar-refractivity contribution in [2.75, 3.05) is 13.2 Å². The van der Waals surface area contributed by atoms with Crippen molar-refractivity contribution in [1.82, 2.24) is 0 Å². The van der Waals surface area contributed by atoms with Crippen LogP contribution in [0.5, 0.6) is 0 Å². The van der Waals surface area contributed by atoms with Crippen molar-refractivity contribution in [3.63, 3.8) is 0 Å². The van der Waals surface area contributed by atoms with Gasteiger partial charge in [0.25, 0.3) is 0 Å². The Balaban J connectivity index is 0. The molecule has 0 radical (unpaired) electrons. The Kier molecular flexibility index (Phi) is 27.4. The molecule has 0 unspecified atom stereocenters. The fourth-order valence-electron chi connectivity index (χ4n) is 3.92. The van der Waals surface area contributed by atoms with E-state index in [4.69, 9.17) is 14.6 Å². The fraction of sp³-hybridized carbons (Fsp3) is 0.962. The van der Waals surface area contributed by atoms with Gasteiger partial charge < -0.3 is 14.6 Å². The molecule has 2 N–H and O–H groups in total. The van der Waals surface area contributed by atoms with Gasteiger partial charge in [0.05, 0.1) is 0 Å². The maximum absolute atomic E-state index is 10.6. The summed E-state index contributed by atoms with van der Waals surface area (Å²) in [6.07, 6.45) is 22.0. The van der Waals surface area contributed by atoms with E-state index < -0.39 is 8.56 Å². The summed E-state index contributed by atoms with van der Waals surface area (Å²) in [6.45, 7) is 12.2. The largest absolute Gasteiger partial charge is 0.395 e. The quantitative estimate of drug-likeness (QED) is 0.131. The fourth-order valence-corrected chi connectivity index (χ4v) is 6.42. The minimum Gasteiger partial charge on any atom is -0.395 e. The summed E-state index contributed by atoms with van der Waals surface area (Å²) in [6, 6.07) is 1.11. The molecule has 0 saturated heterocycles. The van der Waals surface area contributed by atoms with Gasteiger partial charge in [0.1, 0.15) is 0 Å². The van der Waals surface area contributed by atoms with Crippen LogP contribution in [0.4, 0.5) is 0 Å². The summed E-state index contributed by atoms with van der Waals surface area (Å²) >= 11 is 0. The first-order valence-electron chi connectivity index (χ1n) is 13.5. The number of nitrogens with two attached hydrogens (primary N) is 1. The number of primary amides is 1. The number of unbranched alkanes of at least 4 members (excludes halogenated alkanes) is 14. The monoisotopic (exact) mass is 459 g/mol. The molecule has 5 heteroatoms. The zero-order chi connectivity index (χ0) is 23.6. The third kappa shape index (κ3) is 27.6. The Morgan fingerprint density at radius 3 is 1.26 bits per heavy atom. The number of hydrogen-bond acceptors (Lipinski definition) is 3. The number of carbonyl (C=O) groups excluding carboxylic acids is 1. The Morgan fingerprint density at radius 2 is 0.968 bits per heavy atom. The first kappa shape index (κ1) is 32.8. The van der Waals surface area contributed by atoms with Crippen LogP contribution in [0.25, 0.3) is 0 Å². The lowest BCUT2D eigenvalue weighted by Crippen LogP contribution is -2.38. The predicted molar refractivity (Wildman–Crippen MR) is 139 cm³/mol. The van der Waals surface area contributed by atoms with Gasteiger partial charge in [-0.05, 0) is 32.9 Å². The van der Waals surface area contributed by atoms with E-state index in [1.165, 1.54) is 89.9 Å². The highest BCUT2D eigenvalue weighted by molar-refractivity contribution is 6.66. The molecular weight excluding hydrogens is 402 g/mol. The van der Waals surface area contributed by atoms with Gasteiger partial charge in [-0.2, -0.15) is 0 Å². The van der Waals surface area contributed by atoms with Gasteiger partial charge in [-0.1, -0.05) is 110 Å². The smallest absolute Gasteiger partial charge is 0.334 e. The second kappa shape index (κ2) is 25.9. The molecule has 0 fully saturated rings. The molecule has 0 aliphatic rings. The number of hydrogen-bond donors (Lipinski definition) is 1. The van der Waals surface area contributed by atoms with Gasteiger partial charge in [0, 0.05) is 19.6 Å². The van der Waals surface area contributed by atoms with E-state index in [0.29, 0.717) is 6.42 Å². The molecule has 0 aromatic carbocycles. The van der Waals surface area contributed by atoms with Crippen LogP contribution in [-0.4, -0.2) is 27.7 Å². The van der Waals surface area contributed by atoms with Crippen molar-refractivity contribution in [2.24, 2.45) is 5.73 Å². The molecule has 0 atom stereocenters. The normalized spacial score (nSPS) is 11.3. The Bertz CT molecular complexity index is 350. The first-order valence-corrected chi connectivity index (χ1v) is 16.0. The van der Waals surface area contributed by atoms with Crippen LogP contribution in [0.3, 0.4) is 0 Å². The maximum Gasteiger partial charge on any atom is 0.334 e. The lowest BCUT2D eigenvalue weighted by atomic mass is 10.0. The van der Waals surface area contributed by atoms with Crippen LogP contribution in [0.2, 0.25) is 12.6 Å². The summed E-state index contributed by atoms with van der Waals surface area (Å²) in [4.78, 5) is 10.6. The summed E-state index contributed by atoms with van der Waals surface area (Å²) < 4.78 is 11.3. The minimum absolute atomic E-state index is 0.153. The molecule has 0 saturated carbocycles. The third-order valence-corrected chi connectivity index (χ3v) is 8.84. The van der Waals surface area contributed by atoms with Crippen LogP contribution < -0.4 is 5.73 Å². The highest BCUT2D eigenvalue weighted by atomic mass is 28.4. The number of carbonyl (C=O) groups is 1. The van der Waals surface area contributed by atoms with Crippen LogP contribution in [0.15, 0.2) is 0 Å². The maximum atomic E-state index is 10.6. The van der Waals surface area contributed by atoms with Gasteiger partial charge in [0.15, 0.2) is 0 Å². The summed E-state index contributed by atoms with van der Waals surface area (Å²) in [5, 5.41) is 0. The summed E-state index contributed by atoms with van der Waals surface area (Å²) in [5.41, 5.74) is 5.11. The van der Waals surface area contributed by atoms with Crippen molar-refractivity contribution in [3.05, 3.63) is 0 Å². The van der Waals surface area contributed by atoms with Crippen molar-refractivity contribution in [1.29, 1.82) is 0 Å². The second-order valence-electron chi connectivity index (χ2n) is 8.92. The van der Waals surface area contributed by atoms with Crippen molar-refractivity contribution >= 4 is 14.5 Å². The van der Waals surface area contributed by atoms with Gasteiger partial charge >= 0.3 is 8.56 Å². The SMILES string of the molecule is CCCCCCCCCCCCCCCCCC(N)=O.CCC[Si](C)(OCC)OCC. The van der Waals surface area contributed by atoms with Crippen LogP contribution >= 0.6 is 0 Å². The molecule has 4 nitrogen and oxygen atoms in total. The molecule has 0 rings (SSSR count). The third-order valence-electron chi connectivity index (χ3n) is 5.63. The molecule has 0 aromatic heterocycles. The van der Waals surface area contributed by atoms with Crippen LogP contribution in [0.1, 0.15) is 137 Å². The highest BCUT2D eigenvalue weighted by Gasteiger charge is 2.28. The number of rotatable bonds is 22. The average molecular weight is 460 g/mol. The van der Waals surface area contributed by atoms with Gasteiger partial charge in [-0.15, -0.1) is 0 Å². The van der Waals surface area contributed by atoms with Crippen molar-refractivity contribution < 1.29 is 13.6 Å². The first-order chi connectivity index (χ1) is 15.0. The van der Waals surface area contributed by atoms with E-state index >= 15 is 0 Å². The Morgan fingerprint density at radius 1 is 0.613 bits per heavy atom. The molecule has 188 valence electrons. The molecule has 0 aliphatic heterocycles. The van der Waals surface area contributed by atoms with E-state index in [2.05, 4.69) is 20.4 Å². The minimum atomic E-state index is -1.75. The average Bonchev–Trinajstić information content (AvgIpc) is 2.71. The second-order valence-corrected chi connectivity index (χ2v) is 12.3. The van der Waals surface area contributed by atoms with E-state index in [9.17, 15) is 4.79 Å². The number of amides is 1. The van der Waals surface area contributed by atoms with Gasteiger partial charge in [-0.3, -0.25) is 4.79 Å². The van der Waals surface area contributed by atoms with Gasteiger partial charge in [0.2, 0.25) is 5.91 Å². The van der Waals surface area contributed by atoms with Crippen molar-refractivity contribution in [2.45, 2.75) is 149 Å². The lowest BCUT2D eigenvalue weighted by molar-refractivity contribution is -0.118. The molecular formula is C26H57NO3Si. The molecule has 31 heavy (non-hydrogen) atoms. The molecule has 0 bridgehead atoms. The van der Waals surface area contributed by atoms with E-state index in [1.807, 2.05) is 13.8 Å². The summed E-state index contributed by atoms with van der Waals surface area (Å²) in [5.74, 6) is -0.153. The van der Waals surface area contributed by atoms with Crippen molar-refractivity contribution in [3.8, 4) is 0 Å². The Labute approximate surface area is 196 Å². The Hall–Kier alpha value is -0.393. The molecule has 0 aromatic rings. The topological polar surface area (TPSA) is 61.6 Å². The zero-order valence-corrected chi connectivity index (χ0v) is 22.9.